The molecule has 3 aliphatic rings. The fourth-order valence-corrected chi connectivity index (χ4v) is 6.18. The maximum atomic E-state index is 14.1. The van der Waals surface area contributed by atoms with Crippen molar-refractivity contribution in [1.82, 2.24) is 14.5 Å². The van der Waals surface area contributed by atoms with Gasteiger partial charge in [-0.25, -0.2) is 4.98 Å². The molecule has 10 nitrogen and oxygen atoms in total. The molecule has 0 N–H and O–H groups in total. The minimum absolute atomic E-state index is 0.0532. The summed E-state index contributed by atoms with van der Waals surface area (Å²) in [5.41, 5.74) is 2.36. The number of rotatable bonds is 7. The quantitative estimate of drug-likeness (QED) is 0.324. The molecule has 3 aromatic rings. The summed E-state index contributed by atoms with van der Waals surface area (Å²) in [5.74, 6) is 1.40. The monoisotopic (exact) mass is 552 g/mol. The Labute approximate surface area is 230 Å². The Morgan fingerprint density at radius 1 is 0.974 bits per heavy atom. The van der Waals surface area contributed by atoms with Crippen LogP contribution < -0.4 is 19.9 Å². The van der Waals surface area contributed by atoms with E-state index in [0.29, 0.717) is 80.0 Å². The summed E-state index contributed by atoms with van der Waals surface area (Å²) in [5, 5.41) is 0.720. The van der Waals surface area contributed by atoms with Crippen LogP contribution in [0, 0.1) is 0 Å². The topological polar surface area (TPSA) is 95.4 Å². The molecule has 6 rings (SSSR count). The second-order valence-electron chi connectivity index (χ2n) is 9.73. The molecule has 4 heterocycles. The van der Waals surface area contributed by atoms with Crippen molar-refractivity contribution >= 4 is 34.3 Å². The van der Waals surface area contributed by atoms with Crippen molar-refractivity contribution < 1.29 is 23.7 Å². The molecule has 11 heteroatoms. The number of carbonyl (C=O) groups excluding carboxylic acids is 1. The van der Waals surface area contributed by atoms with Gasteiger partial charge >= 0.3 is 0 Å². The van der Waals surface area contributed by atoms with E-state index in [1.807, 2.05) is 48.2 Å². The third-order valence-corrected chi connectivity index (χ3v) is 8.62. The lowest BCUT2D eigenvalue weighted by Crippen LogP contribution is -2.44. The van der Waals surface area contributed by atoms with Crippen LogP contribution in [0.4, 0.5) is 5.69 Å². The zero-order valence-electron chi connectivity index (χ0n) is 22.0. The van der Waals surface area contributed by atoms with Gasteiger partial charge < -0.3 is 28.7 Å². The van der Waals surface area contributed by atoms with Crippen LogP contribution >= 0.6 is 11.8 Å². The number of hydrogen-bond acceptors (Lipinski definition) is 9. The number of nitrogens with zero attached hydrogens (tertiary/aromatic N) is 4. The zero-order valence-corrected chi connectivity index (χ0v) is 22.8. The van der Waals surface area contributed by atoms with Gasteiger partial charge in [-0.05, 0) is 42.3 Å². The second-order valence-corrected chi connectivity index (χ2v) is 10.9. The van der Waals surface area contributed by atoms with E-state index in [2.05, 4.69) is 4.90 Å². The summed E-state index contributed by atoms with van der Waals surface area (Å²) in [6, 6.07) is 11.5. The van der Waals surface area contributed by atoms with E-state index in [4.69, 9.17) is 23.9 Å². The first-order chi connectivity index (χ1) is 19.1. The molecule has 0 radical (unpaired) electrons. The molecule has 3 aliphatic heterocycles. The minimum atomic E-state index is -0.358. The van der Waals surface area contributed by atoms with Crippen molar-refractivity contribution in [3.8, 4) is 11.5 Å². The number of amides is 1. The van der Waals surface area contributed by atoms with Gasteiger partial charge in [0.25, 0.3) is 5.56 Å². The van der Waals surface area contributed by atoms with Gasteiger partial charge in [-0.15, -0.1) is 0 Å². The Kier molecular flexibility index (Phi) is 7.62. The van der Waals surface area contributed by atoms with Crippen molar-refractivity contribution in [2.75, 3.05) is 64.3 Å². The maximum absolute atomic E-state index is 14.1. The van der Waals surface area contributed by atoms with Crippen LogP contribution in [-0.4, -0.2) is 85.0 Å². The molecule has 1 atom stereocenters. The molecule has 206 valence electrons. The fraction of sp³-hybridized carbons (Fsp3) is 0.464. The number of fused-ring (bicyclic) bond motifs is 2. The van der Waals surface area contributed by atoms with Crippen LogP contribution in [-0.2, 0) is 20.8 Å². The molecule has 2 aromatic carbocycles. The summed E-state index contributed by atoms with van der Waals surface area (Å²) in [4.78, 5) is 36.5. The second kappa shape index (κ2) is 11.4. The van der Waals surface area contributed by atoms with Gasteiger partial charge in [-0.3, -0.25) is 14.2 Å². The van der Waals surface area contributed by atoms with Gasteiger partial charge in [-0.1, -0.05) is 24.8 Å². The largest absolute Gasteiger partial charge is 0.454 e. The lowest BCUT2D eigenvalue weighted by atomic mass is 10.1. The van der Waals surface area contributed by atoms with Crippen LogP contribution in [0.3, 0.4) is 0 Å². The van der Waals surface area contributed by atoms with Crippen LogP contribution in [0.1, 0.15) is 18.9 Å². The summed E-state index contributed by atoms with van der Waals surface area (Å²) in [6.07, 6.45) is 0.620. The highest BCUT2D eigenvalue weighted by atomic mass is 32.2. The molecule has 0 saturated carbocycles. The highest BCUT2D eigenvalue weighted by molar-refractivity contribution is 8.00. The minimum Gasteiger partial charge on any atom is -0.454 e. The van der Waals surface area contributed by atoms with Crippen molar-refractivity contribution in [2.24, 2.45) is 0 Å². The highest BCUT2D eigenvalue weighted by Gasteiger charge is 2.28. The van der Waals surface area contributed by atoms with Crippen molar-refractivity contribution in [3.63, 3.8) is 0 Å². The molecule has 1 amide bonds. The van der Waals surface area contributed by atoms with Crippen LogP contribution in [0.25, 0.3) is 10.9 Å². The molecule has 0 spiro atoms. The Bertz CT molecular complexity index is 1420. The number of hydrogen-bond donors (Lipinski definition) is 0. The Balaban J connectivity index is 1.38. The van der Waals surface area contributed by atoms with Gasteiger partial charge in [0.2, 0.25) is 12.7 Å². The SMILES string of the molecule is CCC(Sc1nc2ccc(N3CCOCC3)cc2c(=O)n1Cc1ccc2c(c1)OCO2)C(=O)N1CCOCC1. The summed E-state index contributed by atoms with van der Waals surface area (Å²) < 4.78 is 23.6. The highest BCUT2D eigenvalue weighted by Crippen LogP contribution is 2.33. The van der Waals surface area contributed by atoms with Crippen LogP contribution in [0.5, 0.6) is 11.5 Å². The average molecular weight is 553 g/mol. The van der Waals surface area contributed by atoms with E-state index in [9.17, 15) is 9.59 Å². The summed E-state index contributed by atoms with van der Waals surface area (Å²) in [6.45, 7) is 7.60. The predicted molar refractivity (Wildman–Crippen MR) is 148 cm³/mol. The van der Waals surface area contributed by atoms with E-state index in [0.717, 1.165) is 24.3 Å². The Morgan fingerprint density at radius 2 is 1.72 bits per heavy atom. The molecule has 0 aliphatic carbocycles. The van der Waals surface area contributed by atoms with Crippen molar-refractivity contribution in [3.05, 3.63) is 52.3 Å². The first-order valence-corrected chi connectivity index (χ1v) is 14.3. The van der Waals surface area contributed by atoms with Gasteiger partial charge in [0.15, 0.2) is 16.7 Å². The lowest BCUT2D eigenvalue weighted by Gasteiger charge is -2.30. The number of thioether (sulfide) groups is 1. The maximum Gasteiger partial charge on any atom is 0.262 e. The van der Waals surface area contributed by atoms with Crippen molar-refractivity contribution in [2.45, 2.75) is 30.3 Å². The van der Waals surface area contributed by atoms with Gasteiger partial charge in [0.05, 0.1) is 49.1 Å². The molecule has 0 bridgehead atoms. The molecule has 2 saturated heterocycles. The molecular formula is C28H32N4O6S. The standard InChI is InChI=1S/C28H32N4O6S/c1-2-25(27(34)31-9-13-36-14-10-31)39-28-29-22-5-4-20(30-7-11-35-12-8-30)16-21(22)26(33)32(28)17-19-3-6-23-24(15-19)38-18-37-23/h3-6,15-16,25H,2,7-14,17-18H2,1H3. The first-order valence-electron chi connectivity index (χ1n) is 13.4. The number of ether oxygens (including phenoxy) is 4. The van der Waals surface area contributed by atoms with Crippen LogP contribution in [0.15, 0.2) is 46.3 Å². The number of aromatic nitrogens is 2. The third-order valence-electron chi connectivity index (χ3n) is 7.27. The Hall–Kier alpha value is -3.28. The molecular weight excluding hydrogens is 520 g/mol. The fourth-order valence-electron chi connectivity index (χ4n) is 5.08. The predicted octanol–water partition coefficient (Wildman–Crippen LogP) is 2.74. The van der Waals surface area contributed by atoms with E-state index in [1.54, 1.807) is 4.57 Å². The molecule has 39 heavy (non-hydrogen) atoms. The summed E-state index contributed by atoms with van der Waals surface area (Å²) in [7, 11) is 0. The smallest absolute Gasteiger partial charge is 0.262 e. The average Bonchev–Trinajstić information content (AvgIpc) is 3.46. The van der Waals surface area contributed by atoms with Gasteiger partial charge in [0.1, 0.15) is 0 Å². The van der Waals surface area contributed by atoms with Crippen molar-refractivity contribution in [1.29, 1.82) is 0 Å². The zero-order chi connectivity index (χ0) is 26.8. The molecule has 1 unspecified atom stereocenters. The van der Waals surface area contributed by atoms with E-state index in [-0.39, 0.29) is 23.5 Å². The molecule has 2 fully saturated rings. The number of carbonyl (C=O) groups is 1. The first kappa shape index (κ1) is 26.0. The number of morpholine rings is 2. The Morgan fingerprint density at radius 3 is 2.49 bits per heavy atom. The normalized spacial score (nSPS) is 18.0. The number of anilines is 1. The van der Waals surface area contributed by atoms with Gasteiger partial charge in [-0.2, -0.15) is 0 Å². The number of benzene rings is 2. The lowest BCUT2D eigenvalue weighted by molar-refractivity contribution is -0.134. The van der Waals surface area contributed by atoms with Crippen LogP contribution in [0.2, 0.25) is 0 Å². The molecule has 1 aromatic heterocycles. The summed E-state index contributed by atoms with van der Waals surface area (Å²) >= 11 is 1.36. The van der Waals surface area contributed by atoms with E-state index in [1.165, 1.54) is 11.8 Å². The van der Waals surface area contributed by atoms with Gasteiger partial charge in [0, 0.05) is 31.9 Å². The third kappa shape index (κ3) is 5.43. The van der Waals surface area contributed by atoms with E-state index < -0.39 is 0 Å². The van der Waals surface area contributed by atoms with E-state index >= 15 is 0 Å².